The van der Waals surface area contributed by atoms with Crippen LogP contribution in [0.2, 0.25) is 0 Å². The Hall–Kier alpha value is -3.33. The van der Waals surface area contributed by atoms with Gasteiger partial charge in [0.05, 0.1) is 23.6 Å². The van der Waals surface area contributed by atoms with Gasteiger partial charge in [-0.25, -0.2) is 9.59 Å². The number of hydrogen-bond acceptors (Lipinski definition) is 6. The lowest BCUT2D eigenvalue weighted by atomic mass is 10.2. The van der Waals surface area contributed by atoms with E-state index in [0.29, 0.717) is 11.4 Å². The molecule has 8 nitrogen and oxygen atoms in total. The Kier molecular flexibility index (Phi) is 5.95. The molecule has 2 aromatic carbocycles. The predicted octanol–water partition coefficient (Wildman–Crippen LogP) is 2.15. The summed E-state index contributed by atoms with van der Waals surface area (Å²) >= 11 is 1.04. The molecular weight excluding hydrogens is 382 g/mol. The summed E-state index contributed by atoms with van der Waals surface area (Å²) < 4.78 is 11.1. The standard InChI is InChI=1S/C19H17N3O5S/c1-12(16(23)20-15-11-7-6-10-14(15)18(24)26-2)28-17-19(25)27-21-22(17)13-8-4-3-5-9-13/h3-12H,1-2H3,(H-,20,21,23,24,25)/p+1. The Balaban J connectivity index is 1.79. The van der Waals surface area contributed by atoms with Gasteiger partial charge in [-0.3, -0.25) is 9.32 Å². The van der Waals surface area contributed by atoms with Crippen LogP contribution in [0, 0.1) is 0 Å². The van der Waals surface area contributed by atoms with Crippen LogP contribution >= 0.6 is 11.8 Å². The number of methoxy groups -OCH3 is 1. The zero-order valence-electron chi connectivity index (χ0n) is 15.2. The summed E-state index contributed by atoms with van der Waals surface area (Å²) in [5.74, 6) is -0.925. The summed E-state index contributed by atoms with van der Waals surface area (Å²) in [6.45, 7) is 1.66. The Morgan fingerprint density at radius 1 is 1.14 bits per heavy atom. The van der Waals surface area contributed by atoms with Crippen molar-refractivity contribution in [3.05, 3.63) is 70.6 Å². The van der Waals surface area contributed by atoms with Gasteiger partial charge in [-0.15, -0.1) is 0 Å². The zero-order chi connectivity index (χ0) is 20.1. The number of amides is 1. The van der Waals surface area contributed by atoms with Crippen LogP contribution in [-0.4, -0.2) is 29.5 Å². The lowest BCUT2D eigenvalue weighted by Gasteiger charge is -2.12. The van der Waals surface area contributed by atoms with E-state index in [0.717, 1.165) is 11.8 Å². The molecular formula is C19H18N3O5S+. The van der Waals surface area contributed by atoms with E-state index in [1.54, 1.807) is 43.3 Å². The molecule has 0 spiro atoms. The second-order valence-corrected chi connectivity index (χ2v) is 7.07. The second kappa shape index (κ2) is 8.57. The van der Waals surface area contributed by atoms with Gasteiger partial charge in [0.2, 0.25) is 11.6 Å². The summed E-state index contributed by atoms with van der Waals surface area (Å²) in [6, 6.07) is 15.6. The van der Waals surface area contributed by atoms with E-state index in [-0.39, 0.29) is 16.5 Å². The van der Waals surface area contributed by atoms with Crippen LogP contribution < -0.4 is 15.6 Å². The molecule has 0 aliphatic heterocycles. The normalized spacial score (nSPS) is 11.6. The Morgan fingerprint density at radius 3 is 2.54 bits per heavy atom. The molecule has 1 unspecified atom stereocenters. The van der Waals surface area contributed by atoms with Crippen LogP contribution in [0.5, 0.6) is 0 Å². The van der Waals surface area contributed by atoms with E-state index in [4.69, 9.17) is 9.26 Å². The highest BCUT2D eigenvalue weighted by Gasteiger charge is 2.29. The number of benzene rings is 2. The SMILES string of the molecule is COC(=O)c1ccccc1NC(=O)C(C)Sc1c(=O)o[nH][n+]1-c1ccccc1. The van der Waals surface area contributed by atoms with Gasteiger partial charge in [0.15, 0.2) is 0 Å². The first-order chi connectivity index (χ1) is 13.5. The molecule has 0 aliphatic rings. The number of thioether (sulfide) groups is 1. The third kappa shape index (κ3) is 4.15. The molecule has 1 amide bonds. The van der Waals surface area contributed by atoms with Crippen molar-refractivity contribution in [2.45, 2.75) is 17.2 Å². The van der Waals surface area contributed by atoms with Crippen LogP contribution in [0.4, 0.5) is 5.69 Å². The van der Waals surface area contributed by atoms with Gasteiger partial charge in [-0.05, 0) is 40.8 Å². The average molecular weight is 400 g/mol. The molecule has 0 fully saturated rings. The quantitative estimate of drug-likeness (QED) is 0.373. The van der Waals surface area contributed by atoms with Crippen LogP contribution in [0.3, 0.4) is 0 Å². The summed E-state index contributed by atoms with van der Waals surface area (Å²) in [4.78, 5) is 36.6. The van der Waals surface area contributed by atoms with Gasteiger partial charge in [-0.1, -0.05) is 30.3 Å². The van der Waals surface area contributed by atoms with Gasteiger partial charge in [0, 0.05) is 12.1 Å². The molecule has 0 radical (unpaired) electrons. The van der Waals surface area contributed by atoms with Crippen molar-refractivity contribution in [1.29, 1.82) is 0 Å². The molecule has 1 aromatic heterocycles. The molecule has 0 aliphatic carbocycles. The number of rotatable bonds is 6. The maximum atomic E-state index is 12.6. The molecule has 0 saturated heterocycles. The third-order valence-corrected chi connectivity index (χ3v) is 5.01. The molecule has 28 heavy (non-hydrogen) atoms. The first-order valence-electron chi connectivity index (χ1n) is 8.35. The van der Waals surface area contributed by atoms with E-state index in [9.17, 15) is 14.4 Å². The fourth-order valence-electron chi connectivity index (χ4n) is 2.45. The van der Waals surface area contributed by atoms with Crippen molar-refractivity contribution in [3.8, 4) is 5.69 Å². The summed E-state index contributed by atoms with van der Waals surface area (Å²) in [5, 5.41) is 4.83. The number of anilines is 1. The monoisotopic (exact) mass is 400 g/mol. The molecule has 1 heterocycles. The molecule has 0 bridgehead atoms. The Morgan fingerprint density at radius 2 is 1.82 bits per heavy atom. The molecule has 3 rings (SSSR count). The van der Waals surface area contributed by atoms with E-state index >= 15 is 0 Å². The largest absolute Gasteiger partial charge is 0.465 e. The minimum absolute atomic E-state index is 0.232. The van der Waals surface area contributed by atoms with Crippen molar-refractivity contribution < 1.29 is 23.5 Å². The molecule has 1 atom stereocenters. The van der Waals surface area contributed by atoms with Crippen LogP contribution in [0.25, 0.3) is 5.69 Å². The van der Waals surface area contributed by atoms with E-state index in [1.165, 1.54) is 11.8 Å². The predicted molar refractivity (Wildman–Crippen MR) is 103 cm³/mol. The number of aromatic nitrogens is 2. The number of nitrogens with one attached hydrogen (secondary N) is 2. The smallest absolute Gasteiger partial charge is 0.442 e. The molecule has 9 heteroatoms. The maximum absolute atomic E-state index is 12.6. The number of para-hydroxylation sites is 2. The van der Waals surface area contributed by atoms with Gasteiger partial charge >= 0.3 is 16.6 Å². The zero-order valence-corrected chi connectivity index (χ0v) is 16.0. The van der Waals surface area contributed by atoms with Crippen LogP contribution in [0.15, 0.2) is 68.9 Å². The van der Waals surface area contributed by atoms with Crippen molar-refractivity contribution in [1.82, 2.24) is 5.27 Å². The van der Waals surface area contributed by atoms with Crippen molar-refractivity contribution in [2.75, 3.05) is 12.4 Å². The first kappa shape index (κ1) is 19.4. The van der Waals surface area contributed by atoms with E-state index in [2.05, 4.69) is 10.6 Å². The molecule has 2 N–H and O–H groups in total. The number of hydrogen-bond donors (Lipinski definition) is 2. The fraction of sp³-hybridized carbons (Fsp3) is 0.158. The number of ether oxygens (including phenoxy) is 1. The number of H-pyrrole nitrogens is 1. The fourth-order valence-corrected chi connectivity index (χ4v) is 3.33. The van der Waals surface area contributed by atoms with Gasteiger partial charge in [0.25, 0.3) is 0 Å². The lowest BCUT2D eigenvalue weighted by molar-refractivity contribution is -0.704. The average Bonchev–Trinajstić information content (AvgIpc) is 3.08. The van der Waals surface area contributed by atoms with Crippen molar-refractivity contribution in [3.63, 3.8) is 0 Å². The number of aromatic amines is 1. The lowest BCUT2D eigenvalue weighted by Crippen LogP contribution is -2.37. The van der Waals surface area contributed by atoms with Gasteiger partial charge < -0.3 is 10.1 Å². The molecule has 3 aromatic rings. The minimum Gasteiger partial charge on any atom is -0.465 e. The second-order valence-electron chi connectivity index (χ2n) is 5.74. The molecule has 144 valence electrons. The van der Waals surface area contributed by atoms with Crippen molar-refractivity contribution >= 4 is 29.3 Å². The third-order valence-electron chi connectivity index (χ3n) is 3.87. The van der Waals surface area contributed by atoms with Gasteiger partial charge in [0.1, 0.15) is 0 Å². The maximum Gasteiger partial charge on any atom is 0.442 e. The van der Waals surface area contributed by atoms with E-state index in [1.807, 2.05) is 18.2 Å². The topological polar surface area (TPSA) is 105 Å². The highest BCUT2D eigenvalue weighted by Crippen LogP contribution is 2.21. The highest BCUT2D eigenvalue weighted by molar-refractivity contribution is 8.00. The summed E-state index contributed by atoms with van der Waals surface area (Å²) in [6.07, 6.45) is 0. The Bertz CT molecular complexity index is 1040. The van der Waals surface area contributed by atoms with Crippen LogP contribution in [-0.2, 0) is 9.53 Å². The number of nitrogens with zero attached hydrogens (tertiary/aromatic N) is 1. The van der Waals surface area contributed by atoms with E-state index < -0.39 is 16.8 Å². The minimum atomic E-state index is -0.639. The summed E-state index contributed by atoms with van der Waals surface area (Å²) in [7, 11) is 1.27. The first-order valence-corrected chi connectivity index (χ1v) is 9.23. The summed E-state index contributed by atoms with van der Waals surface area (Å²) in [5.41, 5.74) is 0.697. The van der Waals surface area contributed by atoms with Gasteiger partial charge in [-0.2, -0.15) is 0 Å². The Labute approximate surface area is 164 Å². The number of esters is 1. The van der Waals surface area contributed by atoms with Crippen LogP contribution in [0.1, 0.15) is 17.3 Å². The molecule has 0 saturated carbocycles. The highest BCUT2D eigenvalue weighted by atomic mass is 32.2. The number of carbonyl (C=O) groups is 2. The van der Waals surface area contributed by atoms with Crippen molar-refractivity contribution in [2.24, 2.45) is 0 Å². The number of carbonyl (C=O) groups excluding carboxylic acids is 2.